The summed E-state index contributed by atoms with van der Waals surface area (Å²) in [5.74, 6) is 0.523. The van der Waals surface area contributed by atoms with Crippen molar-refractivity contribution in [2.45, 2.75) is 32.6 Å². The minimum atomic E-state index is -0.115. The lowest BCUT2D eigenvalue weighted by atomic mass is 9.90. The van der Waals surface area contributed by atoms with Crippen LogP contribution in [0, 0.1) is 6.92 Å². The largest absolute Gasteiger partial charge is 0.306 e. The number of fused-ring (bicyclic) bond motifs is 2. The summed E-state index contributed by atoms with van der Waals surface area (Å²) in [6.45, 7) is 1.92. The van der Waals surface area contributed by atoms with Crippen molar-refractivity contribution in [2.75, 3.05) is 5.32 Å². The third-order valence-electron chi connectivity index (χ3n) is 5.15. The number of thiazole rings is 1. The van der Waals surface area contributed by atoms with Gasteiger partial charge in [0.05, 0.1) is 15.9 Å². The summed E-state index contributed by atoms with van der Waals surface area (Å²) < 4.78 is 2.81. The number of amides is 1. The van der Waals surface area contributed by atoms with Crippen molar-refractivity contribution in [2.24, 2.45) is 0 Å². The van der Waals surface area contributed by atoms with E-state index < -0.39 is 0 Å². The summed E-state index contributed by atoms with van der Waals surface area (Å²) in [6, 6.07) is 15.9. The number of hydrogen-bond donors (Lipinski definition) is 1. The van der Waals surface area contributed by atoms with Crippen LogP contribution >= 0.6 is 11.3 Å². The van der Waals surface area contributed by atoms with Gasteiger partial charge in [-0.2, -0.15) is 9.78 Å². The average molecular weight is 388 g/mol. The second kappa shape index (κ2) is 6.87. The highest BCUT2D eigenvalue weighted by molar-refractivity contribution is 7.20. The van der Waals surface area contributed by atoms with Gasteiger partial charge in [-0.25, -0.2) is 4.98 Å². The van der Waals surface area contributed by atoms with Crippen LogP contribution in [0.25, 0.3) is 15.3 Å². The molecule has 2 aromatic carbocycles. The summed E-state index contributed by atoms with van der Waals surface area (Å²) in [5, 5.41) is 8.31. The summed E-state index contributed by atoms with van der Waals surface area (Å²) in [7, 11) is 0. The van der Waals surface area contributed by atoms with Crippen LogP contribution in [0.2, 0.25) is 0 Å². The van der Waals surface area contributed by atoms with Crippen molar-refractivity contribution >= 4 is 33.3 Å². The van der Waals surface area contributed by atoms with Gasteiger partial charge in [-0.1, -0.05) is 29.5 Å². The lowest BCUT2D eigenvalue weighted by Gasteiger charge is -2.16. The number of aromatic nitrogens is 3. The Hall–Kier alpha value is -2.99. The highest BCUT2D eigenvalue weighted by Gasteiger charge is 2.17. The van der Waals surface area contributed by atoms with E-state index in [9.17, 15) is 4.79 Å². The topological polar surface area (TPSA) is 59.8 Å². The molecule has 140 valence electrons. The average Bonchev–Trinajstić information content (AvgIpc) is 3.30. The number of nitrogens with one attached hydrogen (secondary N) is 1. The van der Waals surface area contributed by atoms with Crippen LogP contribution in [0.3, 0.4) is 0 Å². The molecule has 0 spiro atoms. The molecule has 5 nitrogen and oxygen atoms in total. The maximum absolute atomic E-state index is 12.9. The number of carbonyl (C=O) groups is 1. The number of hydrogen-bond acceptors (Lipinski definition) is 4. The molecule has 1 aliphatic rings. The molecule has 0 aliphatic heterocycles. The number of aryl methyl sites for hydroxylation is 3. The number of para-hydroxylation sites is 1. The van der Waals surface area contributed by atoms with E-state index in [1.54, 1.807) is 16.0 Å². The zero-order valence-corrected chi connectivity index (χ0v) is 16.4. The first kappa shape index (κ1) is 17.1. The third kappa shape index (κ3) is 3.10. The second-order valence-corrected chi connectivity index (χ2v) is 8.20. The lowest BCUT2D eigenvalue weighted by molar-refractivity contribution is 0.102. The predicted octanol–water partition coefficient (Wildman–Crippen LogP) is 4.92. The molecule has 28 heavy (non-hydrogen) atoms. The van der Waals surface area contributed by atoms with Crippen molar-refractivity contribution in [1.29, 1.82) is 0 Å². The maximum Gasteiger partial charge on any atom is 0.256 e. The highest BCUT2D eigenvalue weighted by Crippen LogP contribution is 2.28. The van der Waals surface area contributed by atoms with E-state index in [-0.39, 0.29) is 5.91 Å². The van der Waals surface area contributed by atoms with Crippen molar-refractivity contribution in [3.8, 4) is 5.13 Å². The third-order valence-corrected chi connectivity index (χ3v) is 6.16. The standard InChI is InChI=1S/C22H20N4OS/c1-14-12-20(26(25-14)22-23-18-8-4-5-9-19(18)28-22)24-21(27)17-11-10-15-6-2-3-7-16(15)13-17/h4-5,8-13H,2-3,6-7H2,1H3,(H,24,27). The Morgan fingerprint density at radius 2 is 1.89 bits per heavy atom. The Kier molecular flexibility index (Phi) is 4.20. The van der Waals surface area contributed by atoms with Crippen molar-refractivity contribution in [1.82, 2.24) is 14.8 Å². The molecule has 0 unspecified atom stereocenters. The molecular formula is C22H20N4OS. The molecule has 0 bridgehead atoms. The minimum absolute atomic E-state index is 0.115. The molecular weight excluding hydrogens is 368 g/mol. The van der Waals surface area contributed by atoms with E-state index in [1.165, 1.54) is 24.0 Å². The Labute approximate surface area is 167 Å². The van der Waals surface area contributed by atoms with E-state index in [2.05, 4.69) is 21.5 Å². The van der Waals surface area contributed by atoms with E-state index in [4.69, 9.17) is 0 Å². The molecule has 2 aromatic heterocycles. The fourth-order valence-corrected chi connectivity index (χ4v) is 4.68. The van der Waals surface area contributed by atoms with Gasteiger partial charge in [0, 0.05) is 11.6 Å². The van der Waals surface area contributed by atoms with Gasteiger partial charge in [0.25, 0.3) is 5.91 Å². The molecule has 0 fully saturated rings. The van der Waals surface area contributed by atoms with Crippen LogP contribution in [0.5, 0.6) is 0 Å². The van der Waals surface area contributed by atoms with E-state index in [0.29, 0.717) is 11.4 Å². The number of benzene rings is 2. The first-order valence-electron chi connectivity index (χ1n) is 9.53. The lowest BCUT2D eigenvalue weighted by Crippen LogP contribution is -2.16. The SMILES string of the molecule is Cc1cc(NC(=O)c2ccc3c(c2)CCCC3)n(-c2nc3ccccc3s2)n1. The van der Waals surface area contributed by atoms with Gasteiger partial charge in [-0.3, -0.25) is 4.79 Å². The molecule has 1 aliphatic carbocycles. The van der Waals surface area contributed by atoms with Crippen molar-refractivity contribution in [3.05, 3.63) is 70.9 Å². The molecule has 0 saturated heterocycles. The van der Waals surface area contributed by atoms with Crippen molar-refractivity contribution < 1.29 is 4.79 Å². The number of rotatable bonds is 3. The first-order valence-corrected chi connectivity index (χ1v) is 10.3. The Balaban J connectivity index is 1.46. The summed E-state index contributed by atoms with van der Waals surface area (Å²) in [5.41, 5.74) is 5.13. The maximum atomic E-state index is 12.9. The Bertz CT molecular complexity index is 1160. The number of nitrogens with zero attached hydrogens (tertiary/aromatic N) is 3. The van der Waals surface area contributed by atoms with Crippen LogP contribution < -0.4 is 5.32 Å². The van der Waals surface area contributed by atoms with Crippen LogP contribution in [0.15, 0.2) is 48.5 Å². The monoisotopic (exact) mass is 388 g/mol. The van der Waals surface area contributed by atoms with Gasteiger partial charge in [-0.15, -0.1) is 0 Å². The molecule has 2 heterocycles. The van der Waals surface area contributed by atoms with Gasteiger partial charge in [0.2, 0.25) is 5.13 Å². The van der Waals surface area contributed by atoms with Gasteiger partial charge in [0.15, 0.2) is 0 Å². The summed E-state index contributed by atoms with van der Waals surface area (Å²) >= 11 is 1.56. The smallest absolute Gasteiger partial charge is 0.256 e. The summed E-state index contributed by atoms with van der Waals surface area (Å²) in [4.78, 5) is 17.6. The molecule has 1 amide bonds. The predicted molar refractivity (Wildman–Crippen MR) is 113 cm³/mol. The normalized spacial score (nSPS) is 13.5. The minimum Gasteiger partial charge on any atom is -0.306 e. The van der Waals surface area contributed by atoms with Crippen LogP contribution in [-0.4, -0.2) is 20.7 Å². The molecule has 0 atom stereocenters. The van der Waals surface area contributed by atoms with Gasteiger partial charge < -0.3 is 5.32 Å². The Morgan fingerprint density at radius 1 is 1.07 bits per heavy atom. The van der Waals surface area contributed by atoms with Crippen molar-refractivity contribution in [3.63, 3.8) is 0 Å². The Morgan fingerprint density at radius 3 is 2.75 bits per heavy atom. The zero-order chi connectivity index (χ0) is 19.1. The highest BCUT2D eigenvalue weighted by atomic mass is 32.1. The first-order chi connectivity index (χ1) is 13.7. The second-order valence-electron chi connectivity index (χ2n) is 7.19. The molecule has 0 radical (unpaired) electrons. The fourth-order valence-electron chi connectivity index (χ4n) is 3.75. The fraction of sp³-hybridized carbons (Fsp3) is 0.227. The molecule has 6 heteroatoms. The van der Waals surface area contributed by atoms with E-state index >= 15 is 0 Å². The molecule has 1 N–H and O–H groups in total. The molecule has 5 rings (SSSR count). The van der Waals surface area contributed by atoms with Gasteiger partial charge in [0.1, 0.15) is 5.82 Å². The summed E-state index contributed by atoms with van der Waals surface area (Å²) in [6.07, 6.45) is 4.60. The van der Waals surface area contributed by atoms with Crippen LogP contribution in [0.4, 0.5) is 5.82 Å². The van der Waals surface area contributed by atoms with Crippen LogP contribution in [-0.2, 0) is 12.8 Å². The zero-order valence-electron chi connectivity index (χ0n) is 15.6. The number of anilines is 1. The molecule has 4 aromatic rings. The van der Waals surface area contributed by atoms with Gasteiger partial charge >= 0.3 is 0 Å². The van der Waals surface area contributed by atoms with E-state index in [1.807, 2.05) is 49.4 Å². The van der Waals surface area contributed by atoms with Crippen LogP contribution in [0.1, 0.15) is 40.0 Å². The van der Waals surface area contributed by atoms with E-state index in [0.717, 1.165) is 33.9 Å². The van der Waals surface area contributed by atoms with Gasteiger partial charge in [-0.05, 0) is 68.0 Å². The molecule has 0 saturated carbocycles. The number of carbonyl (C=O) groups excluding carboxylic acids is 1. The quantitative estimate of drug-likeness (QED) is 0.542.